The largest absolute Gasteiger partial charge is 0.483 e. The molecule has 0 heterocycles. The lowest BCUT2D eigenvalue weighted by molar-refractivity contribution is -0.139. The van der Waals surface area contributed by atoms with E-state index in [9.17, 15) is 14.4 Å². The van der Waals surface area contributed by atoms with Crippen LogP contribution >= 0.6 is 15.9 Å². The molecule has 0 radical (unpaired) electrons. The Balaban J connectivity index is 1.99. The van der Waals surface area contributed by atoms with E-state index in [0.717, 1.165) is 39.7 Å². The first kappa shape index (κ1) is 26.1. The molecule has 0 atom stereocenters. The molecule has 2 aromatic rings. The minimum Gasteiger partial charge on any atom is -0.483 e. The number of nitrogens with zero attached hydrogens (tertiary/aromatic N) is 1. The van der Waals surface area contributed by atoms with Gasteiger partial charge in [-0.15, -0.1) is 0 Å². The molecule has 3 N–H and O–H groups in total. The highest BCUT2D eigenvalue weighted by atomic mass is 79.9. The molecule has 3 amide bonds. The van der Waals surface area contributed by atoms with E-state index < -0.39 is 11.8 Å². The summed E-state index contributed by atoms with van der Waals surface area (Å²) in [5, 5.41) is 9.24. The number of unbranched alkanes of at least 4 members (excludes halogenated alkanes) is 1. The zero-order valence-electron chi connectivity index (χ0n) is 19.3. The van der Waals surface area contributed by atoms with Gasteiger partial charge >= 0.3 is 11.8 Å². The summed E-state index contributed by atoms with van der Waals surface area (Å²) < 4.78 is 6.44. The smallest absolute Gasteiger partial charge is 0.329 e. The highest BCUT2D eigenvalue weighted by Gasteiger charge is 2.13. The van der Waals surface area contributed by atoms with E-state index in [2.05, 4.69) is 37.1 Å². The molecule has 0 unspecified atom stereocenters. The lowest BCUT2D eigenvalue weighted by atomic mass is 10.1. The molecule has 0 aromatic heterocycles. The number of nitrogens with one attached hydrogen (secondary N) is 3. The molecule has 176 valence electrons. The van der Waals surface area contributed by atoms with Crippen LogP contribution in [0.15, 0.2) is 39.9 Å². The third-order valence-electron chi connectivity index (χ3n) is 4.66. The molecule has 0 saturated carbocycles. The van der Waals surface area contributed by atoms with Gasteiger partial charge in [-0.05, 0) is 56.5 Å². The fourth-order valence-corrected chi connectivity index (χ4v) is 3.50. The van der Waals surface area contributed by atoms with Gasteiger partial charge in [-0.1, -0.05) is 47.0 Å². The van der Waals surface area contributed by atoms with Crippen LogP contribution in [0.3, 0.4) is 0 Å². The van der Waals surface area contributed by atoms with Crippen molar-refractivity contribution in [1.29, 1.82) is 0 Å². The Morgan fingerprint density at radius 3 is 2.42 bits per heavy atom. The van der Waals surface area contributed by atoms with Gasteiger partial charge in [0.15, 0.2) is 6.61 Å². The van der Waals surface area contributed by atoms with Crippen molar-refractivity contribution in [2.75, 3.05) is 18.5 Å². The summed E-state index contributed by atoms with van der Waals surface area (Å²) in [4.78, 5) is 36.0. The fraction of sp³-hybridized carbons (Fsp3) is 0.333. The van der Waals surface area contributed by atoms with Crippen molar-refractivity contribution in [3.05, 3.63) is 57.1 Å². The van der Waals surface area contributed by atoms with Gasteiger partial charge in [0.05, 0.1) is 6.21 Å². The molecule has 0 spiro atoms. The molecule has 9 heteroatoms. The van der Waals surface area contributed by atoms with Crippen LogP contribution in [-0.2, 0) is 14.4 Å². The number of aryl methyl sites for hydroxylation is 3. The Morgan fingerprint density at radius 2 is 1.76 bits per heavy atom. The Kier molecular flexibility index (Phi) is 10.1. The van der Waals surface area contributed by atoms with E-state index in [1.807, 2.05) is 39.8 Å². The van der Waals surface area contributed by atoms with Crippen molar-refractivity contribution in [1.82, 2.24) is 10.7 Å². The third-order valence-corrected chi connectivity index (χ3v) is 5.16. The first-order valence-corrected chi connectivity index (χ1v) is 11.4. The minimum absolute atomic E-state index is 0.207. The maximum atomic E-state index is 12.5. The Labute approximate surface area is 202 Å². The topological polar surface area (TPSA) is 109 Å². The first-order chi connectivity index (χ1) is 15.7. The molecule has 0 aliphatic carbocycles. The van der Waals surface area contributed by atoms with Crippen molar-refractivity contribution < 1.29 is 19.1 Å². The van der Waals surface area contributed by atoms with Crippen LogP contribution in [0.5, 0.6) is 5.75 Å². The Morgan fingerprint density at radius 1 is 1.06 bits per heavy atom. The predicted octanol–water partition coefficient (Wildman–Crippen LogP) is 3.76. The quantitative estimate of drug-likeness (QED) is 0.204. The second-order valence-corrected chi connectivity index (χ2v) is 8.52. The highest BCUT2D eigenvalue weighted by molar-refractivity contribution is 9.10. The molecule has 0 aliphatic heterocycles. The Hall–Kier alpha value is -3.20. The van der Waals surface area contributed by atoms with E-state index in [0.29, 0.717) is 17.9 Å². The second-order valence-electron chi connectivity index (χ2n) is 7.60. The third kappa shape index (κ3) is 8.34. The summed E-state index contributed by atoms with van der Waals surface area (Å²) in [5.74, 6) is -1.50. The SMILES string of the molecule is CCCCNC(=O)C(=O)N/N=C\c1cc(Br)ccc1OCC(=O)Nc1c(C)cc(C)cc1C. The number of anilines is 1. The van der Waals surface area contributed by atoms with Crippen molar-refractivity contribution >= 4 is 45.6 Å². The molecular formula is C24H29BrN4O4. The molecule has 33 heavy (non-hydrogen) atoms. The lowest BCUT2D eigenvalue weighted by Gasteiger charge is -2.14. The summed E-state index contributed by atoms with van der Waals surface area (Å²) >= 11 is 3.37. The molecule has 0 saturated heterocycles. The molecule has 2 rings (SSSR count). The molecule has 0 bridgehead atoms. The fourth-order valence-electron chi connectivity index (χ4n) is 3.12. The van der Waals surface area contributed by atoms with Gasteiger partial charge in [0.1, 0.15) is 5.75 Å². The van der Waals surface area contributed by atoms with Gasteiger partial charge in [-0.25, -0.2) is 5.43 Å². The van der Waals surface area contributed by atoms with Crippen molar-refractivity contribution in [3.8, 4) is 5.75 Å². The van der Waals surface area contributed by atoms with Crippen LogP contribution in [0.2, 0.25) is 0 Å². The van der Waals surface area contributed by atoms with Crippen LogP contribution in [0, 0.1) is 20.8 Å². The van der Waals surface area contributed by atoms with Crippen LogP contribution < -0.4 is 20.8 Å². The normalized spacial score (nSPS) is 10.7. The number of halogens is 1. The van der Waals surface area contributed by atoms with E-state index in [1.54, 1.807) is 18.2 Å². The average Bonchev–Trinajstić information content (AvgIpc) is 2.75. The van der Waals surface area contributed by atoms with Gasteiger partial charge in [0, 0.05) is 22.3 Å². The van der Waals surface area contributed by atoms with E-state index in [1.165, 1.54) is 6.21 Å². The van der Waals surface area contributed by atoms with E-state index >= 15 is 0 Å². The van der Waals surface area contributed by atoms with Crippen LogP contribution in [0.25, 0.3) is 0 Å². The van der Waals surface area contributed by atoms with Crippen LogP contribution in [-0.4, -0.2) is 37.1 Å². The summed E-state index contributed by atoms with van der Waals surface area (Å²) in [5.41, 5.74) is 6.56. The number of hydrogen-bond acceptors (Lipinski definition) is 5. The summed E-state index contributed by atoms with van der Waals surface area (Å²) in [6, 6.07) is 9.17. The summed E-state index contributed by atoms with van der Waals surface area (Å²) in [6.07, 6.45) is 3.05. The average molecular weight is 517 g/mol. The molecule has 0 aliphatic rings. The van der Waals surface area contributed by atoms with E-state index in [-0.39, 0.29) is 12.5 Å². The maximum Gasteiger partial charge on any atom is 0.329 e. The van der Waals surface area contributed by atoms with E-state index in [4.69, 9.17) is 4.74 Å². The molecule has 2 aromatic carbocycles. The molecule has 8 nitrogen and oxygen atoms in total. The number of ether oxygens (including phenoxy) is 1. The Bertz CT molecular complexity index is 1030. The molecular weight excluding hydrogens is 488 g/mol. The molecule has 0 fully saturated rings. The number of rotatable bonds is 9. The number of amides is 3. The summed E-state index contributed by atoms with van der Waals surface area (Å²) in [6.45, 7) is 8.10. The van der Waals surface area contributed by atoms with Crippen LogP contribution in [0.1, 0.15) is 42.0 Å². The number of carbonyl (C=O) groups excluding carboxylic acids is 3. The van der Waals surface area contributed by atoms with Gasteiger partial charge in [-0.3, -0.25) is 14.4 Å². The number of hydrogen-bond donors (Lipinski definition) is 3. The highest BCUT2D eigenvalue weighted by Crippen LogP contribution is 2.23. The standard InChI is InChI=1S/C24H29BrN4O4/c1-5-6-9-26-23(31)24(32)29-27-13-18-12-19(25)7-8-20(18)33-14-21(30)28-22-16(3)10-15(2)11-17(22)4/h7-8,10-13H,5-6,9,14H2,1-4H3,(H,26,31)(H,28,30)(H,29,32)/b27-13-. The van der Waals surface area contributed by atoms with Gasteiger partial charge in [-0.2, -0.15) is 5.10 Å². The van der Waals surface area contributed by atoms with Crippen molar-refractivity contribution in [2.24, 2.45) is 5.10 Å². The first-order valence-electron chi connectivity index (χ1n) is 10.6. The number of benzene rings is 2. The summed E-state index contributed by atoms with van der Waals surface area (Å²) in [7, 11) is 0. The number of carbonyl (C=O) groups is 3. The zero-order chi connectivity index (χ0) is 24.4. The van der Waals surface area contributed by atoms with Gasteiger partial charge in [0.2, 0.25) is 0 Å². The van der Waals surface area contributed by atoms with Crippen LogP contribution in [0.4, 0.5) is 5.69 Å². The maximum absolute atomic E-state index is 12.5. The van der Waals surface area contributed by atoms with Gasteiger partial charge < -0.3 is 15.4 Å². The lowest BCUT2D eigenvalue weighted by Crippen LogP contribution is -2.38. The van der Waals surface area contributed by atoms with Crippen molar-refractivity contribution in [2.45, 2.75) is 40.5 Å². The van der Waals surface area contributed by atoms with Gasteiger partial charge in [0.25, 0.3) is 5.91 Å². The predicted molar refractivity (Wildman–Crippen MR) is 133 cm³/mol. The monoisotopic (exact) mass is 516 g/mol. The van der Waals surface area contributed by atoms with Crippen molar-refractivity contribution in [3.63, 3.8) is 0 Å². The minimum atomic E-state index is -0.858. The number of hydrazone groups is 1. The second kappa shape index (κ2) is 12.7. The zero-order valence-corrected chi connectivity index (χ0v) is 20.8.